The Balaban J connectivity index is 0.000000479. The number of alkyl halides is 3. The zero-order valence-electron chi connectivity index (χ0n) is 18.0. The smallest absolute Gasteiger partial charge is 0.475 e. The number of aryl methyl sites for hydroxylation is 1. The zero-order valence-corrected chi connectivity index (χ0v) is 18.0. The van der Waals surface area contributed by atoms with Crippen molar-refractivity contribution in [1.29, 1.82) is 0 Å². The number of esters is 1. The predicted octanol–water partition coefficient (Wildman–Crippen LogP) is 3.69. The van der Waals surface area contributed by atoms with Crippen molar-refractivity contribution in [1.82, 2.24) is 9.55 Å². The molecule has 0 radical (unpaired) electrons. The van der Waals surface area contributed by atoms with Crippen molar-refractivity contribution in [2.24, 2.45) is 0 Å². The fraction of sp³-hybridized carbons (Fsp3) is 0.318. The summed E-state index contributed by atoms with van der Waals surface area (Å²) in [7, 11) is 0. The minimum absolute atomic E-state index is 0.198. The summed E-state index contributed by atoms with van der Waals surface area (Å²) < 4.78 is 38.6. The minimum atomic E-state index is -5.08. The maximum absolute atomic E-state index is 11.7. The van der Waals surface area contributed by atoms with Crippen molar-refractivity contribution in [3.05, 3.63) is 60.0 Å². The van der Waals surface area contributed by atoms with E-state index in [0.717, 1.165) is 27.8 Å². The van der Waals surface area contributed by atoms with E-state index in [1.54, 1.807) is 13.1 Å². The number of pyridine rings is 1. The van der Waals surface area contributed by atoms with Gasteiger partial charge in [-0.3, -0.25) is 9.78 Å². The number of carboxylic acid groups (broad SMARTS) is 1. The summed E-state index contributed by atoms with van der Waals surface area (Å²) in [5, 5.41) is 21.7. The number of rotatable bonds is 7. The van der Waals surface area contributed by atoms with Crippen molar-refractivity contribution >= 4 is 28.5 Å². The number of carbonyl (C=O) groups excluding carboxylic acids is 1. The summed E-state index contributed by atoms with van der Waals surface area (Å²) in [6, 6.07) is 11.6. The van der Waals surface area contributed by atoms with E-state index in [9.17, 15) is 23.1 Å². The van der Waals surface area contributed by atoms with Gasteiger partial charge in [0.15, 0.2) is 0 Å². The fourth-order valence-corrected chi connectivity index (χ4v) is 2.80. The third kappa shape index (κ3) is 7.79. The van der Waals surface area contributed by atoms with E-state index in [-0.39, 0.29) is 12.5 Å². The molecule has 0 saturated carbocycles. The fourth-order valence-electron chi connectivity index (χ4n) is 2.80. The Bertz CT molecular complexity index is 1080. The molecule has 3 rings (SSSR count). The van der Waals surface area contributed by atoms with Gasteiger partial charge in [0, 0.05) is 46.8 Å². The van der Waals surface area contributed by atoms with Crippen LogP contribution in [0.25, 0.3) is 10.9 Å². The number of carboxylic acids is 1. The molecule has 0 spiro atoms. The third-order valence-corrected chi connectivity index (χ3v) is 4.44. The number of benzene rings is 1. The van der Waals surface area contributed by atoms with Crippen molar-refractivity contribution in [2.45, 2.75) is 32.7 Å². The number of aliphatic hydroxyl groups is 1. The second kappa shape index (κ2) is 11.3. The van der Waals surface area contributed by atoms with Crippen LogP contribution in [0.5, 0.6) is 0 Å². The molecule has 0 fully saturated rings. The lowest BCUT2D eigenvalue weighted by molar-refractivity contribution is -0.192. The highest BCUT2D eigenvalue weighted by molar-refractivity contribution is 5.85. The SMILES string of the molecule is CCOC(=O)Cn1ccc2cc(NCC(O)c3ccc(C)nc3)ccc21.O=C(O)C(F)(F)F. The Labute approximate surface area is 187 Å². The number of hydrogen-bond acceptors (Lipinski definition) is 6. The van der Waals surface area contributed by atoms with Crippen LogP contribution >= 0.6 is 0 Å². The summed E-state index contributed by atoms with van der Waals surface area (Å²) in [5.41, 5.74) is 3.58. The van der Waals surface area contributed by atoms with Crippen LogP contribution in [0.15, 0.2) is 48.8 Å². The van der Waals surface area contributed by atoms with Gasteiger partial charge in [-0.05, 0) is 44.2 Å². The van der Waals surface area contributed by atoms with Crippen LogP contribution in [0.1, 0.15) is 24.3 Å². The highest BCUT2D eigenvalue weighted by atomic mass is 19.4. The molecule has 3 aromatic rings. The molecule has 8 nitrogen and oxygen atoms in total. The number of nitrogens with one attached hydrogen (secondary N) is 1. The summed E-state index contributed by atoms with van der Waals surface area (Å²) >= 11 is 0. The van der Waals surface area contributed by atoms with Gasteiger partial charge >= 0.3 is 18.1 Å². The van der Waals surface area contributed by atoms with Gasteiger partial charge in [0.2, 0.25) is 0 Å². The quantitative estimate of drug-likeness (QED) is 0.454. The molecule has 1 atom stereocenters. The number of aliphatic hydroxyl groups excluding tert-OH is 1. The lowest BCUT2D eigenvalue weighted by Crippen LogP contribution is -2.21. The molecule has 3 N–H and O–H groups in total. The molecule has 1 unspecified atom stereocenters. The Morgan fingerprint density at radius 1 is 1.21 bits per heavy atom. The predicted molar refractivity (Wildman–Crippen MR) is 115 cm³/mol. The number of carbonyl (C=O) groups is 2. The van der Waals surface area contributed by atoms with Crippen LogP contribution in [-0.2, 0) is 20.9 Å². The summed E-state index contributed by atoms with van der Waals surface area (Å²) in [6.07, 6.45) is -2.15. The maximum Gasteiger partial charge on any atom is 0.490 e. The number of hydrogen-bond donors (Lipinski definition) is 3. The number of aromatic nitrogens is 2. The maximum atomic E-state index is 11.7. The molecular formula is C22H24F3N3O5. The molecule has 0 aliphatic rings. The number of nitrogens with zero attached hydrogens (tertiary/aromatic N) is 2. The van der Waals surface area contributed by atoms with Crippen LogP contribution < -0.4 is 5.32 Å². The summed E-state index contributed by atoms with van der Waals surface area (Å²) in [4.78, 5) is 24.8. The van der Waals surface area contributed by atoms with Crippen molar-refractivity contribution in [2.75, 3.05) is 18.5 Å². The number of anilines is 1. The van der Waals surface area contributed by atoms with E-state index in [2.05, 4.69) is 10.3 Å². The molecule has 2 aromatic heterocycles. The molecule has 11 heteroatoms. The molecule has 0 bridgehead atoms. The number of fused-ring (bicyclic) bond motifs is 1. The minimum Gasteiger partial charge on any atom is -0.475 e. The first-order valence-electron chi connectivity index (χ1n) is 9.90. The van der Waals surface area contributed by atoms with E-state index < -0.39 is 18.2 Å². The Kier molecular flexibility index (Phi) is 8.80. The highest BCUT2D eigenvalue weighted by Gasteiger charge is 2.38. The second-order valence-electron chi connectivity index (χ2n) is 6.95. The zero-order chi connectivity index (χ0) is 24.6. The average Bonchev–Trinajstić information content (AvgIpc) is 3.14. The van der Waals surface area contributed by atoms with Crippen LogP contribution in [0.3, 0.4) is 0 Å². The van der Waals surface area contributed by atoms with Gasteiger partial charge in [-0.25, -0.2) is 4.79 Å². The van der Waals surface area contributed by atoms with Gasteiger partial charge in [-0.1, -0.05) is 6.07 Å². The lowest BCUT2D eigenvalue weighted by atomic mass is 10.1. The molecule has 0 amide bonds. The van der Waals surface area contributed by atoms with Gasteiger partial charge in [0.25, 0.3) is 0 Å². The number of halogens is 3. The first-order valence-corrected chi connectivity index (χ1v) is 9.90. The summed E-state index contributed by atoms with van der Waals surface area (Å²) in [5.74, 6) is -3.01. The van der Waals surface area contributed by atoms with Gasteiger partial charge in [-0.15, -0.1) is 0 Å². The average molecular weight is 467 g/mol. The van der Waals surface area contributed by atoms with Gasteiger partial charge in [-0.2, -0.15) is 13.2 Å². The molecule has 0 aliphatic carbocycles. The summed E-state index contributed by atoms with van der Waals surface area (Å²) in [6.45, 7) is 4.68. The Morgan fingerprint density at radius 3 is 2.48 bits per heavy atom. The number of ether oxygens (including phenoxy) is 1. The van der Waals surface area contributed by atoms with Gasteiger partial charge < -0.3 is 24.8 Å². The molecule has 178 valence electrons. The van der Waals surface area contributed by atoms with Crippen molar-refractivity contribution < 1.29 is 37.7 Å². The highest BCUT2D eigenvalue weighted by Crippen LogP contribution is 2.22. The van der Waals surface area contributed by atoms with E-state index in [0.29, 0.717) is 13.2 Å². The van der Waals surface area contributed by atoms with E-state index >= 15 is 0 Å². The monoisotopic (exact) mass is 467 g/mol. The van der Waals surface area contributed by atoms with Gasteiger partial charge in [0.05, 0.1) is 12.7 Å². The van der Waals surface area contributed by atoms with Crippen molar-refractivity contribution in [3.63, 3.8) is 0 Å². The molecule has 0 aliphatic heterocycles. The van der Waals surface area contributed by atoms with E-state index in [4.69, 9.17) is 14.6 Å². The largest absolute Gasteiger partial charge is 0.490 e. The number of aliphatic carboxylic acids is 1. The Hall–Kier alpha value is -3.60. The molecular weight excluding hydrogens is 443 g/mol. The van der Waals surface area contributed by atoms with Crippen molar-refractivity contribution in [3.8, 4) is 0 Å². The molecule has 2 heterocycles. The van der Waals surface area contributed by atoms with Crippen LogP contribution in [-0.4, -0.2) is 51.0 Å². The Morgan fingerprint density at radius 2 is 1.91 bits per heavy atom. The van der Waals surface area contributed by atoms with E-state index in [1.165, 1.54) is 0 Å². The topological polar surface area (TPSA) is 114 Å². The lowest BCUT2D eigenvalue weighted by Gasteiger charge is -2.13. The first-order chi connectivity index (χ1) is 15.5. The van der Waals surface area contributed by atoms with Gasteiger partial charge in [0.1, 0.15) is 6.54 Å². The second-order valence-corrected chi connectivity index (χ2v) is 6.95. The van der Waals surface area contributed by atoms with E-state index in [1.807, 2.05) is 54.1 Å². The third-order valence-electron chi connectivity index (χ3n) is 4.44. The standard InChI is InChI=1S/C20H23N3O3.C2HF3O2/c1-3-26-20(25)13-23-9-8-15-10-17(6-7-18(15)23)22-12-19(24)16-5-4-14(2)21-11-16;3-2(4,5)1(6)7/h4-11,19,22,24H,3,12-13H2,1-2H3;(H,6,7). The van der Waals surface area contributed by atoms with Crippen LogP contribution in [0.2, 0.25) is 0 Å². The molecule has 33 heavy (non-hydrogen) atoms. The normalized spacial score (nSPS) is 11.9. The first kappa shape index (κ1) is 25.7. The van der Waals surface area contributed by atoms with Crippen LogP contribution in [0, 0.1) is 6.92 Å². The molecule has 0 saturated heterocycles. The van der Waals surface area contributed by atoms with Crippen LogP contribution in [0.4, 0.5) is 18.9 Å². The molecule has 1 aromatic carbocycles.